The first-order chi connectivity index (χ1) is 19.5. The first-order valence-corrected chi connectivity index (χ1v) is 15.4. The van der Waals surface area contributed by atoms with Gasteiger partial charge in [0.2, 0.25) is 21.8 Å². The zero-order valence-electron chi connectivity index (χ0n) is 24.2. The van der Waals surface area contributed by atoms with Gasteiger partial charge in [0.05, 0.1) is 16.9 Å². The number of nitrogens with one attached hydrogen (secondary N) is 1. The number of amides is 2. The van der Waals surface area contributed by atoms with E-state index < -0.39 is 44.9 Å². The van der Waals surface area contributed by atoms with Gasteiger partial charge >= 0.3 is 0 Å². The number of nitrogens with zero attached hydrogens (tertiary/aromatic N) is 3. The van der Waals surface area contributed by atoms with Gasteiger partial charge in [-0.25, -0.2) is 8.42 Å². The molecule has 0 radical (unpaired) electrons. The number of rotatable bonds is 11. The maximum atomic E-state index is 14.2. The van der Waals surface area contributed by atoms with Crippen molar-refractivity contribution in [3.63, 3.8) is 0 Å². The van der Waals surface area contributed by atoms with Crippen molar-refractivity contribution in [1.29, 1.82) is 0 Å². The number of non-ortho nitro benzene ring substituents is 1. The highest BCUT2D eigenvalue weighted by Crippen LogP contribution is 2.28. The molecule has 3 rings (SSSR count). The third-order valence-corrected chi connectivity index (χ3v) is 7.72. The molecule has 1 unspecified atom stereocenters. The maximum Gasteiger partial charge on any atom is 0.271 e. The van der Waals surface area contributed by atoms with Crippen molar-refractivity contribution >= 4 is 44.8 Å². The summed E-state index contributed by atoms with van der Waals surface area (Å²) in [5, 5.41) is 14.8. The van der Waals surface area contributed by atoms with Gasteiger partial charge in [-0.1, -0.05) is 60.1 Å². The van der Waals surface area contributed by atoms with Crippen LogP contribution in [-0.4, -0.2) is 54.4 Å². The summed E-state index contributed by atoms with van der Waals surface area (Å²) in [6.07, 6.45) is 1.08. The van der Waals surface area contributed by atoms with E-state index in [9.17, 15) is 28.1 Å². The standard InChI is InChI=1S/C30H35ClN4O6S/c1-21-14-15-25(35(38)39)18-26(21)34(42(5,40)41)20-28(36)33(19-23-12-9-13-24(31)16-23)27(29(37)32-30(2,3)4)17-22-10-7-6-8-11-22/h6-16,18,27H,17,19-20H2,1-5H3,(H,32,37). The van der Waals surface area contributed by atoms with Crippen LogP contribution in [0.25, 0.3) is 0 Å². The molecule has 0 fully saturated rings. The van der Waals surface area contributed by atoms with Crippen LogP contribution in [0.2, 0.25) is 5.02 Å². The van der Waals surface area contributed by atoms with E-state index in [-0.39, 0.29) is 24.3 Å². The number of anilines is 1. The Morgan fingerprint density at radius 1 is 1.00 bits per heavy atom. The fourth-order valence-corrected chi connectivity index (χ4v) is 5.53. The van der Waals surface area contributed by atoms with Gasteiger partial charge in [-0.3, -0.25) is 24.0 Å². The van der Waals surface area contributed by atoms with E-state index in [4.69, 9.17) is 11.6 Å². The monoisotopic (exact) mass is 614 g/mol. The van der Waals surface area contributed by atoms with Gasteiger partial charge in [0, 0.05) is 35.7 Å². The largest absolute Gasteiger partial charge is 0.350 e. The minimum absolute atomic E-state index is 0.00140. The molecule has 0 aromatic heterocycles. The number of nitro groups is 1. The normalized spacial score (nSPS) is 12.3. The van der Waals surface area contributed by atoms with Gasteiger partial charge < -0.3 is 10.2 Å². The number of hydrogen-bond acceptors (Lipinski definition) is 6. The van der Waals surface area contributed by atoms with Crippen LogP contribution in [0.4, 0.5) is 11.4 Å². The molecular weight excluding hydrogens is 580 g/mol. The van der Waals surface area contributed by atoms with Crippen molar-refractivity contribution in [2.75, 3.05) is 17.1 Å². The van der Waals surface area contributed by atoms with Crippen molar-refractivity contribution in [1.82, 2.24) is 10.2 Å². The molecule has 0 saturated heterocycles. The van der Waals surface area contributed by atoms with Crippen molar-refractivity contribution in [2.45, 2.75) is 52.2 Å². The molecule has 2 amide bonds. The smallest absolute Gasteiger partial charge is 0.271 e. The van der Waals surface area contributed by atoms with E-state index in [1.807, 2.05) is 51.1 Å². The molecule has 0 aliphatic rings. The first-order valence-electron chi connectivity index (χ1n) is 13.2. The Balaban J connectivity index is 2.13. The van der Waals surface area contributed by atoms with Crippen LogP contribution >= 0.6 is 11.6 Å². The predicted molar refractivity (Wildman–Crippen MR) is 164 cm³/mol. The zero-order valence-corrected chi connectivity index (χ0v) is 25.8. The number of hydrogen-bond donors (Lipinski definition) is 1. The van der Waals surface area contributed by atoms with Gasteiger partial charge in [0.15, 0.2) is 0 Å². The number of sulfonamides is 1. The van der Waals surface area contributed by atoms with Crippen LogP contribution in [0.15, 0.2) is 72.8 Å². The first kappa shape index (κ1) is 32.6. The Bertz CT molecular complexity index is 1560. The lowest BCUT2D eigenvalue weighted by molar-refractivity contribution is -0.384. The summed E-state index contributed by atoms with van der Waals surface area (Å²) in [4.78, 5) is 40.1. The van der Waals surface area contributed by atoms with E-state index in [2.05, 4.69) is 5.32 Å². The second-order valence-electron chi connectivity index (χ2n) is 11.1. The highest BCUT2D eigenvalue weighted by molar-refractivity contribution is 7.92. The highest BCUT2D eigenvalue weighted by atomic mass is 35.5. The lowest BCUT2D eigenvalue weighted by atomic mass is 10.0. The third-order valence-electron chi connectivity index (χ3n) is 6.36. The zero-order chi connectivity index (χ0) is 31.2. The average molecular weight is 615 g/mol. The van der Waals surface area contributed by atoms with Gasteiger partial charge in [0.1, 0.15) is 12.6 Å². The van der Waals surface area contributed by atoms with Crippen LogP contribution in [-0.2, 0) is 32.6 Å². The van der Waals surface area contributed by atoms with Crippen LogP contribution in [0.5, 0.6) is 0 Å². The van der Waals surface area contributed by atoms with Crippen LogP contribution in [0.3, 0.4) is 0 Å². The predicted octanol–water partition coefficient (Wildman–Crippen LogP) is 4.88. The second-order valence-corrected chi connectivity index (χ2v) is 13.4. The highest BCUT2D eigenvalue weighted by Gasteiger charge is 2.35. The molecule has 224 valence electrons. The summed E-state index contributed by atoms with van der Waals surface area (Å²) in [5.74, 6) is -1.09. The molecule has 10 nitrogen and oxygen atoms in total. The van der Waals surface area contributed by atoms with Crippen LogP contribution < -0.4 is 9.62 Å². The Kier molecular flexibility index (Phi) is 10.3. The number of carbonyl (C=O) groups is 2. The molecule has 0 saturated carbocycles. The fourth-order valence-electron chi connectivity index (χ4n) is 4.41. The van der Waals surface area contributed by atoms with E-state index in [0.29, 0.717) is 16.1 Å². The number of halogens is 1. The molecule has 0 bridgehead atoms. The maximum absolute atomic E-state index is 14.2. The minimum Gasteiger partial charge on any atom is -0.350 e. The quantitative estimate of drug-likeness (QED) is 0.242. The molecule has 3 aromatic rings. The molecule has 0 spiro atoms. The molecule has 1 N–H and O–H groups in total. The summed E-state index contributed by atoms with van der Waals surface area (Å²) in [6, 6.07) is 18.8. The molecule has 1 atom stereocenters. The molecule has 12 heteroatoms. The summed E-state index contributed by atoms with van der Waals surface area (Å²) in [5.41, 5.74) is 0.919. The third kappa shape index (κ3) is 9.02. The number of benzene rings is 3. The molecule has 3 aromatic carbocycles. The second kappa shape index (κ2) is 13.3. The van der Waals surface area contributed by atoms with Crippen LogP contribution in [0.1, 0.15) is 37.5 Å². The lowest BCUT2D eigenvalue weighted by Crippen LogP contribution is -2.56. The van der Waals surface area contributed by atoms with E-state index in [1.165, 1.54) is 17.0 Å². The Hall–Kier alpha value is -3.96. The van der Waals surface area contributed by atoms with E-state index in [1.54, 1.807) is 31.2 Å². The SMILES string of the molecule is Cc1ccc([N+](=O)[O-])cc1N(CC(=O)N(Cc1cccc(Cl)c1)C(Cc1ccccc1)C(=O)NC(C)(C)C)S(C)(=O)=O. The van der Waals surface area contributed by atoms with Gasteiger partial charge in [-0.2, -0.15) is 0 Å². The van der Waals surface area contributed by atoms with Crippen molar-refractivity contribution < 1.29 is 22.9 Å². The minimum atomic E-state index is -4.08. The molecule has 42 heavy (non-hydrogen) atoms. The molecule has 0 aliphatic carbocycles. The molecule has 0 aliphatic heterocycles. The average Bonchev–Trinajstić information content (AvgIpc) is 2.88. The number of aryl methyl sites for hydroxylation is 1. The Morgan fingerprint density at radius 3 is 2.21 bits per heavy atom. The van der Waals surface area contributed by atoms with Crippen molar-refractivity contribution in [3.8, 4) is 0 Å². The molecule has 0 heterocycles. The lowest BCUT2D eigenvalue weighted by Gasteiger charge is -2.35. The van der Waals surface area contributed by atoms with E-state index in [0.717, 1.165) is 22.2 Å². The van der Waals surface area contributed by atoms with Gasteiger partial charge in [0.25, 0.3) is 5.69 Å². The Labute approximate surface area is 251 Å². The van der Waals surface area contributed by atoms with Crippen LogP contribution in [0, 0.1) is 17.0 Å². The van der Waals surface area contributed by atoms with Gasteiger partial charge in [-0.05, 0) is 56.5 Å². The summed E-state index contributed by atoms with van der Waals surface area (Å²) in [7, 11) is -4.08. The Morgan fingerprint density at radius 2 is 1.64 bits per heavy atom. The van der Waals surface area contributed by atoms with Gasteiger partial charge in [-0.15, -0.1) is 0 Å². The van der Waals surface area contributed by atoms with Crippen molar-refractivity contribution in [2.24, 2.45) is 0 Å². The molecular formula is C30H35ClN4O6S. The summed E-state index contributed by atoms with van der Waals surface area (Å²) >= 11 is 6.22. The van der Waals surface area contributed by atoms with Crippen molar-refractivity contribution in [3.05, 3.63) is 105 Å². The summed E-state index contributed by atoms with van der Waals surface area (Å²) < 4.78 is 26.8. The topological polar surface area (TPSA) is 130 Å². The summed E-state index contributed by atoms with van der Waals surface area (Å²) in [6.45, 7) is 6.34. The number of carbonyl (C=O) groups excluding carboxylic acids is 2. The fraction of sp³-hybridized carbons (Fsp3) is 0.333. The number of nitro benzene ring substituents is 1. The van der Waals surface area contributed by atoms with E-state index >= 15 is 0 Å².